The molecule has 0 aromatic rings. The van der Waals surface area contributed by atoms with Crippen LogP contribution in [0.15, 0.2) is 146 Å². The molecule has 0 heterocycles. The van der Waals surface area contributed by atoms with E-state index >= 15 is 0 Å². The third kappa shape index (κ3) is 60.0. The quantitative estimate of drug-likeness (QED) is 0.0261. The van der Waals surface area contributed by atoms with Gasteiger partial charge in [-0.05, 0) is 128 Å². The maximum absolute atomic E-state index is 12.9. The maximum Gasteiger partial charge on any atom is 0.306 e. The minimum Gasteiger partial charge on any atom is -0.462 e. The first-order chi connectivity index (χ1) is 37.0. The molecule has 1 atom stereocenters. The lowest BCUT2D eigenvalue weighted by Crippen LogP contribution is -2.30. The molecule has 0 spiro atoms. The van der Waals surface area contributed by atoms with E-state index < -0.39 is 12.1 Å². The van der Waals surface area contributed by atoms with Crippen LogP contribution in [0, 0.1) is 0 Å². The van der Waals surface area contributed by atoms with Gasteiger partial charge in [0.2, 0.25) is 0 Å². The average molecular weight is 1040 g/mol. The van der Waals surface area contributed by atoms with Crippen LogP contribution in [-0.4, -0.2) is 37.2 Å². The third-order valence-corrected chi connectivity index (χ3v) is 12.3. The molecule has 0 amide bonds. The molecule has 0 unspecified atom stereocenters. The normalized spacial score (nSPS) is 13.2. The van der Waals surface area contributed by atoms with E-state index in [2.05, 4.69) is 154 Å². The van der Waals surface area contributed by atoms with Gasteiger partial charge in [-0.3, -0.25) is 14.4 Å². The summed E-state index contributed by atoms with van der Waals surface area (Å²) in [5.41, 5.74) is 0. The van der Waals surface area contributed by atoms with Crippen LogP contribution in [0.1, 0.15) is 252 Å². The number of carbonyl (C=O) groups is 3. The Morgan fingerprint density at radius 1 is 0.280 bits per heavy atom. The fraction of sp³-hybridized carbons (Fsp3) is 0.609. The Balaban J connectivity index is 4.58. The van der Waals surface area contributed by atoms with Gasteiger partial charge < -0.3 is 14.2 Å². The molecule has 0 aliphatic heterocycles. The number of hydrogen-bond acceptors (Lipinski definition) is 6. The monoisotopic (exact) mass is 1030 g/mol. The predicted octanol–water partition coefficient (Wildman–Crippen LogP) is 20.8. The van der Waals surface area contributed by atoms with Crippen molar-refractivity contribution in [3.8, 4) is 0 Å². The Kier molecular flexibility index (Phi) is 58.0. The van der Waals surface area contributed by atoms with E-state index in [4.69, 9.17) is 14.2 Å². The van der Waals surface area contributed by atoms with Crippen molar-refractivity contribution < 1.29 is 28.6 Å². The maximum atomic E-state index is 12.9. The standard InChI is InChI=1S/C69H110O6/c1-4-7-10-13-16-19-22-25-28-31-34-37-40-43-46-49-52-55-58-61-67(70)73-64-66(75-69(72)63-60-57-54-51-48-45-42-39-36-33-30-27-24-21-18-15-12-9-6-3)65-74-68(71)62-59-56-53-50-47-44-41-38-35-32-29-26-23-20-17-14-11-8-5-2/h7,9-10,12,16,18-19,21,25-30,34,36-37,39,43,45-46,48,54,57,66H,4-6,8,11,13-15,17,20,22-24,31-33,35,38,40-42,44,47,49-53,55-56,58-65H2,1-3H3/b10-7-,12-9-,19-16-,21-18-,28-25-,29-26-,30-27-,37-34-,39-36-,46-43-,48-45-,57-54-/t66-/m1/s1. The first-order valence-electron chi connectivity index (χ1n) is 30.3. The molecule has 0 radical (unpaired) electrons. The van der Waals surface area contributed by atoms with E-state index in [1.54, 1.807) is 0 Å². The fourth-order valence-corrected chi connectivity index (χ4v) is 7.84. The van der Waals surface area contributed by atoms with Crippen LogP contribution < -0.4 is 0 Å². The van der Waals surface area contributed by atoms with E-state index in [-0.39, 0.29) is 31.6 Å². The summed E-state index contributed by atoms with van der Waals surface area (Å²) >= 11 is 0. The molecular weight excluding hydrogens is 925 g/mol. The Bertz CT molecular complexity index is 1660. The lowest BCUT2D eigenvalue weighted by Gasteiger charge is -2.18. The number of ether oxygens (including phenoxy) is 3. The largest absolute Gasteiger partial charge is 0.462 e. The van der Waals surface area contributed by atoms with Gasteiger partial charge in [0.05, 0.1) is 0 Å². The Morgan fingerprint density at radius 3 is 0.893 bits per heavy atom. The molecule has 0 saturated carbocycles. The van der Waals surface area contributed by atoms with E-state index in [0.717, 1.165) is 116 Å². The highest BCUT2D eigenvalue weighted by atomic mass is 16.6. The first-order valence-corrected chi connectivity index (χ1v) is 30.3. The highest BCUT2D eigenvalue weighted by molar-refractivity contribution is 5.71. The number of rotatable bonds is 53. The van der Waals surface area contributed by atoms with E-state index in [1.807, 2.05) is 12.2 Å². The molecule has 6 heteroatoms. The first kappa shape index (κ1) is 70.3. The second kappa shape index (κ2) is 61.8. The van der Waals surface area contributed by atoms with Crippen molar-refractivity contribution in [2.75, 3.05) is 13.2 Å². The lowest BCUT2D eigenvalue weighted by atomic mass is 10.1. The van der Waals surface area contributed by atoms with Crippen LogP contribution in [0.3, 0.4) is 0 Å². The summed E-state index contributed by atoms with van der Waals surface area (Å²) in [7, 11) is 0. The molecule has 0 rings (SSSR count). The van der Waals surface area contributed by atoms with E-state index in [1.165, 1.54) is 89.9 Å². The molecule has 0 aromatic heterocycles. The van der Waals surface area contributed by atoms with Gasteiger partial charge in [-0.1, -0.05) is 250 Å². The predicted molar refractivity (Wildman–Crippen MR) is 325 cm³/mol. The van der Waals surface area contributed by atoms with Crippen LogP contribution in [0.4, 0.5) is 0 Å². The molecule has 0 saturated heterocycles. The van der Waals surface area contributed by atoms with Crippen molar-refractivity contribution in [2.45, 2.75) is 258 Å². The summed E-state index contributed by atoms with van der Waals surface area (Å²) in [5.74, 6) is -1.05. The molecule has 0 fully saturated rings. The lowest BCUT2D eigenvalue weighted by molar-refractivity contribution is -0.166. The van der Waals surface area contributed by atoms with Gasteiger partial charge in [-0.2, -0.15) is 0 Å². The smallest absolute Gasteiger partial charge is 0.306 e. The molecule has 0 aliphatic carbocycles. The zero-order valence-corrected chi connectivity index (χ0v) is 48.3. The van der Waals surface area contributed by atoms with Gasteiger partial charge in [0.25, 0.3) is 0 Å². The van der Waals surface area contributed by atoms with Crippen LogP contribution in [0.2, 0.25) is 0 Å². The third-order valence-electron chi connectivity index (χ3n) is 12.3. The van der Waals surface area contributed by atoms with Gasteiger partial charge >= 0.3 is 17.9 Å². The van der Waals surface area contributed by atoms with Crippen molar-refractivity contribution in [1.29, 1.82) is 0 Å². The van der Waals surface area contributed by atoms with Crippen molar-refractivity contribution >= 4 is 17.9 Å². The molecule has 6 nitrogen and oxygen atoms in total. The van der Waals surface area contributed by atoms with Gasteiger partial charge in [0.15, 0.2) is 6.10 Å². The van der Waals surface area contributed by atoms with Crippen molar-refractivity contribution in [3.05, 3.63) is 146 Å². The zero-order valence-electron chi connectivity index (χ0n) is 48.3. The molecule has 0 aliphatic rings. The highest BCUT2D eigenvalue weighted by Crippen LogP contribution is 2.14. The van der Waals surface area contributed by atoms with Crippen LogP contribution in [0.25, 0.3) is 0 Å². The molecule has 0 aromatic carbocycles. The molecule has 0 bridgehead atoms. The Labute approximate surface area is 461 Å². The van der Waals surface area contributed by atoms with Crippen molar-refractivity contribution in [1.82, 2.24) is 0 Å². The average Bonchev–Trinajstić information content (AvgIpc) is 3.41. The summed E-state index contributed by atoms with van der Waals surface area (Å²) in [6.07, 6.45) is 88.5. The summed E-state index contributed by atoms with van der Waals surface area (Å²) < 4.78 is 16.8. The zero-order chi connectivity index (χ0) is 54.3. The summed E-state index contributed by atoms with van der Waals surface area (Å²) in [4.78, 5) is 38.2. The minimum atomic E-state index is -0.841. The molecular formula is C69H110O6. The summed E-state index contributed by atoms with van der Waals surface area (Å²) in [5, 5.41) is 0. The number of carbonyl (C=O) groups excluding carboxylic acids is 3. The summed E-state index contributed by atoms with van der Waals surface area (Å²) in [6, 6.07) is 0. The van der Waals surface area contributed by atoms with Gasteiger partial charge in [0, 0.05) is 19.3 Å². The molecule has 0 N–H and O–H groups in total. The Morgan fingerprint density at radius 2 is 0.547 bits per heavy atom. The highest BCUT2D eigenvalue weighted by Gasteiger charge is 2.19. The Hall–Kier alpha value is -4.71. The summed E-state index contributed by atoms with van der Waals surface area (Å²) in [6.45, 7) is 6.32. The van der Waals surface area contributed by atoms with Gasteiger partial charge in [-0.25, -0.2) is 0 Å². The SMILES string of the molecule is CC/C=C\C/C=C\C/C=C\C/C=C\C/C=C\C/C=C\CCC(=O)O[C@H](COC(=O)CCCCC/C=C\C/C=C\C/C=C\C/C=C\C/C=C\CC)COC(=O)CCCCCCCCCCC/C=C\CCCCCCCC. The van der Waals surface area contributed by atoms with E-state index in [9.17, 15) is 14.4 Å². The number of hydrogen-bond donors (Lipinski definition) is 0. The fourth-order valence-electron chi connectivity index (χ4n) is 7.84. The van der Waals surface area contributed by atoms with E-state index in [0.29, 0.717) is 19.3 Å². The van der Waals surface area contributed by atoms with Crippen molar-refractivity contribution in [3.63, 3.8) is 0 Å². The number of esters is 3. The minimum absolute atomic E-state index is 0.125. The van der Waals surface area contributed by atoms with Gasteiger partial charge in [-0.15, -0.1) is 0 Å². The van der Waals surface area contributed by atoms with Crippen molar-refractivity contribution in [2.24, 2.45) is 0 Å². The van der Waals surface area contributed by atoms with Crippen LogP contribution in [-0.2, 0) is 28.6 Å². The number of unbranched alkanes of at least 4 members (excludes halogenated alkanes) is 18. The van der Waals surface area contributed by atoms with Crippen LogP contribution in [0.5, 0.6) is 0 Å². The topological polar surface area (TPSA) is 78.9 Å². The number of allylic oxidation sites excluding steroid dienone is 24. The molecule has 422 valence electrons. The van der Waals surface area contributed by atoms with Gasteiger partial charge in [0.1, 0.15) is 13.2 Å². The second-order valence-corrected chi connectivity index (χ2v) is 19.5. The second-order valence-electron chi connectivity index (χ2n) is 19.5. The van der Waals surface area contributed by atoms with Crippen LogP contribution >= 0.6 is 0 Å². The molecule has 75 heavy (non-hydrogen) atoms.